The van der Waals surface area contributed by atoms with Crippen LogP contribution in [0.2, 0.25) is 0 Å². The number of benzene rings is 1. The van der Waals surface area contributed by atoms with Crippen LogP contribution in [0.3, 0.4) is 0 Å². The first-order chi connectivity index (χ1) is 11.6. The lowest BCUT2D eigenvalue weighted by atomic mass is 9.98. The number of rotatable bonds is 5. The SMILES string of the molecule is CC1(c2ccc([N+](=O)[O-])cc2)SC(=S)N(C=C(C(N)=O)C(N)=O)C1=O. The monoisotopic (exact) mass is 380 g/mol. The van der Waals surface area contributed by atoms with Gasteiger partial charge in [-0.25, -0.2) is 0 Å². The summed E-state index contributed by atoms with van der Waals surface area (Å²) in [5.41, 5.74) is 9.93. The molecule has 0 bridgehead atoms. The molecular weight excluding hydrogens is 368 g/mol. The number of hydrogen-bond acceptors (Lipinski definition) is 7. The van der Waals surface area contributed by atoms with E-state index in [1.54, 1.807) is 6.92 Å². The zero-order valence-electron chi connectivity index (χ0n) is 12.8. The maximum Gasteiger partial charge on any atom is 0.269 e. The number of amides is 3. The molecule has 1 unspecified atom stereocenters. The molecule has 9 nitrogen and oxygen atoms in total. The molecule has 1 aromatic rings. The van der Waals surface area contributed by atoms with Crippen LogP contribution in [-0.4, -0.2) is 31.9 Å². The molecule has 1 aliphatic rings. The van der Waals surface area contributed by atoms with E-state index < -0.39 is 33.0 Å². The van der Waals surface area contributed by atoms with Gasteiger partial charge >= 0.3 is 0 Å². The molecule has 3 amide bonds. The van der Waals surface area contributed by atoms with Gasteiger partial charge in [-0.3, -0.25) is 29.4 Å². The van der Waals surface area contributed by atoms with Crippen molar-refractivity contribution in [1.82, 2.24) is 4.90 Å². The Hall–Kier alpha value is -2.79. The number of thioether (sulfide) groups is 1. The zero-order chi connectivity index (χ0) is 18.9. The highest BCUT2D eigenvalue weighted by Crippen LogP contribution is 2.46. The molecule has 0 spiro atoms. The van der Waals surface area contributed by atoms with Crippen LogP contribution in [0.4, 0.5) is 5.69 Å². The van der Waals surface area contributed by atoms with E-state index in [4.69, 9.17) is 23.7 Å². The van der Waals surface area contributed by atoms with Crippen molar-refractivity contribution < 1.29 is 19.3 Å². The van der Waals surface area contributed by atoms with Crippen molar-refractivity contribution >= 4 is 51.7 Å². The molecule has 0 radical (unpaired) electrons. The van der Waals surface area contributed by atoms with Gasteiger partial charge in [0.05, 0.1) is 4.92 Å². The molecule has 2 rings (SSSR count). The predicted octanol–water partition coefficient (Wildman–Crippen LogP) is 0.525. The first-order valence-electron chi connectivity index (χ1n) is 6.71. The molecule has 4 N–H and O–H groups in total. The quantitative estimate of drug-likeness (QED) is 0.189. The summed E-state index contributed by atoms with van der Waals surface area (Å²) in [6.07, 6.45) is 0.916. The number of nitro groups is 1. The van der Waals surface area contributed by atoms with E-state index in [2.05, 4.69) is 0 Å². The minimum absolute atomic E-state index is 0.0888. The maximum absolute atomic E-state index is 12.8. The standard InChI is InChI=1S/C14H12N4O5S2/c1-14(7-2-4-8(5-3-7)18(22)23)12(21)17(13(24)25-14)6-9(10(15)19)11(16)20/h2-6H,1H3,(H2,15,19)(H2,16,20). The Morgan fingerprint density at radius 3 is 2.24 bits per heavy atom. The molecule has 1 atom stereocenters. The highest BCUT2D eigenvalue weighted by Gasteiger charge is 2.48. The molecule has 11 heteroatoms. The molecule has 130 valence electrons. The number of thiocarbonyl (C=S) groups is 1. The Bertz CT molecular complexity index is 820. The molecule has 1 saturated heterocycles. The third kappa shape index (κ3) is 3.37. The van der Waals surface area contributed by atoms with Gasteiger partial charge in [0.15, 0.2) is 0 Å². The fourth-order valence-corrected chi connectivity index (χ4v) is 3.81. The summed E-state index contributed by atoms with van der Waals surface area (Å²) < 4.78 is -1.09. The second-order valence-electron chi connectivity index (χ2n) is 5.15. The van der Waals surface area contributed by atoms with Crippen molar-refractivity contribution in [2.45, 2.75) is 11.7 Å². The van der Waals surface area contributed by atoms with E-state index in [0.29, 0.717) is 5.56 Å². The van der Waals surface area contributed by atoms with Crippen molar-refractivity contribution in [2.75, 3.05) is 0 Å². The summed E-state index contributed by atoms with van der Waals surface area (Å²) >= 11 is 6.14. The first-order valence-corrected chi connectivity index (χ1v) is 7.93. The minimum Gasteiger partial charge on any atom is -0.365 e. The molecule has 0 aromatic heterocycles. The second kappa shape index (κ2) is 6.61. The smallest absolute Gasteiger partial charge is 0.269 e. The third-order valence-electron chi connectivity index (χ3n) is 3.53. The van der Waals surface area contributed by atoms with Crippen molar-refractivity contribution in [3.63, 3.8) is 0 Å². The Balaban J connectivity index is 2.42. The van der Waals surface area contributed by atoms with Gasteiger partial charge in [-0.2, -0.15) is 0 Å². The van der Waals surface area contributed by atoms with Gasteiger partial charge in [-0.1, -0.05) is 36.1 Å². The van der Waals surface area contributed by atoms with Crippen LogP contribution in [0.5, 0.6) is 0 Å². The Morgan fingerprint density at radius 2 is 1.80 bits per heavy atom. The summed E-state index contributed by atoms with van der Waals surface area (Å²) in [6.45, 7) is 1.58. The predicted molar refractivity (Wildman–Crippen MR) is 94.0 cm³/mol. The highest BCUT2D eigenvalue weighted by molar-refractivity contribution is 8.24. The lowest BCUT2D eigenvalue weighted by Gasteiger charge is -2.20. The molecule has 25 heavy (non-hydrogen) atoms. The van der Waals surface area contributed by atoms with Crippen molar-refractivity contribution in [3.8, 4) is 0 Å². The van der Waals surface area contributed by atoms with Crippen LogP contribution >= 0.6 is 24.0 Å². The number of nitrogens with zero attached hydrogens (tertiary/aromatic N) is 2. The average molecular weight is 380 g/mol. The Morgan fingerprint density at radius 1 is 1.28 bits per heavy atom. The zero-order valence-corrected chi connectivity index (χ0v) is 14.4. The molecule has 1 fully saturated rings. The maximum atomic E-state index is 12.8. The molecule has 0 saturated carbocycles. The first kappa shape index (κ1) is 18.5. The van der Waals surface area contributed by atoms with E-state index in [1.807, 2.05) is 0 Å². The van der Waals surface area contributed by atoms with Gasteiger partial charge in [-0.15, -0.1) is 0 Å². The Kier molecular flexibility index (Phi) is 4.90. The van der Waals surface area contributed by atoms with Crippen molar-refractivity contribution in [2.24, 2.45) is 11.5 Å². The Labute approximate surface area is 151 Å². The fourth-order valence-electron chi connectivity index (χ4n) is 2.15. The topological polar surface area (TPSA) is 150 Å². The fraction of sp³-hybridized carbons (Fsp3) is 0.143. The lowest BCUT2D eigenvalue weighted by molar-refractivity contribution is -0.384. The van der Waals surface area contributed by atoms with Gasteiger partial charge in [0.2, 0.25) is 0 Å². The summed E-state index contributed by atoms with van der Waals surface area (Å²) in [4.78, 5) is 46.5. The van der Waals surface area contributed by atoms with E-state index in [0.717, 1.165) is 22.9 Å². The van der Waals surface area contributed by atoms with Crippen LogP contribution < -0.4 is 11.5 Å². The van der Waals surface area contributed by atoms with Crippen LogP contribution in [0.15, 0.2) is 36.0 Å². The summed E-state index contributed by atoms with van der Waals surface area (Å²) in [5, 5.41) is 10.7. The van der Waals surface area contributed by atoms with Crippen LogP contribution in [0.1, 0.15) is 12.5 Å². The second-order valence-corrected chi connectivity index (χ2v) is 7.20. The lowest BCUT2D eigenvalue weighted by Crippen LogP contribution is -2.35. The van der Waals surface area contributed by atoms with Crippen molar-refractivity contribution in [3.05, 3.63) is 51.7 Å². The summed E-state index contributed by atoms with van der Waals surface area (Å²) in [7, 11) is 0. The highest BCUT2D eigenvalue weighted by atomic mass is 32.2. The van der Waals surface area contributed by atoms with E-state index in [-0.39, 0.29) is 10.0 Å². The molecule has 1 aromatic carbocycles. The number of nitrogens with two attached hydrogens (primary N) is 2. The summed E-state index contributed by atoms with van der Waals surface area (Å²) in [5.74, 6) is -2.70. The van der Waals surface area contributed by atoms with Gasteiger partial charge in [0, 0.05) is 18.3 Å². The number of primary amides is 2. The van der Waals surface area contributed by atoms with Gasteiger partial charge < -0.3 is 11.5 Å². The number of carbonyl (C=O) groups excluding carboxylic acids is 3. The largest absolute Gasteiger partial charge is 0.365 e. The van der Waals surface area contributed by atoms with Crippen molar-refractivity contribution in [1.29, 1.82) is 0 Å². The van der Waals surface area contributed by atoms with Crippen LogP contribution in [0, 0.1) is 10.1 Å². The number of non-ortho nitro benzene ring substituents is 1. The molecule has 1 heterocycles. The number of hydrogen-bond donors (Lipinski definition) is 2. The summed E-state index contributed by atoms with van der Waals surface area (Å²) in [6, 6.07) is 5.44. The van der Waals surface area contributed by atoms with Gasteiger partial charge in [0.1, 0.15) is 14.6 Å². The van der Waals surface area contributed by atoms with Crippen LogP contribution in [0.25, 0.3) is 0 Å². The minimum atomic E-state index is -1.18. The van der Waals surface area contributed by atoms with E-state index in [9.17, 15) is 24.5 Å². The van der Waals surface area contributed by atoms with Crippen LogP contribution in [-0.2, 0) is 19.1 Å². The normalized spacial score (nSPS) is 19.6. The van der Waals surface area contributed by atoms with Gasteiger partial charge in [0.25, 0.3) is 23.4 Å². The number of nitro benzene ring substituents is 1. The molecular formula is C14H12N4O5S2. The van der Waals surface area contributed by atoms with Gasteiger partial charge in [-0.05, 0) is 12.5 Å². The third-order valence-corrected chi connectivity index (χ3v) is 5.17. The van der Waals surface area contributed by atoms with E-state index in [1.165, 1.54) is 24.3 Å². The number of carbonyl (C=O) groups is 3. The molecule has 0 aliphatic carbocycles. The van der Waals surface area contributed by atoms with E-state index >= 15 is 0 Å². The molecule has 1 aliphatic heterocycles. The average Bonchev–Trinajstić information content (AvgIpc) is 2.75.